The molecule has 0 aromatic heterocycles. The number of piperidine rings is 1. The molecule has 0 bridgehead atoms. The molecule has 3 aromatic carbocycles. The van der Waals surface area contributed by atoms with E-state index in [0.29, 0.717) is 17.7 Å². The van der Waals surface area contributed by atoms with Crippen molar-refractivity contribution in [1.29, 1.82) is 0 Å². The van der Waals surface area contributed by atoms with Crippen molar-refractivity contribution in [2.45, 2.75) is 50.1 Å². The van der Waals surface area contributed by atoms with Crippen molar-refractivity contribution in [3.8, 4) is 5.75 Å². The Labute approximate surface area is 231 Å². The summed E-state index contributed by atoms with van der Waals surface area (Å²) < 4.78 is 54.9. The number of allylic oxidation sites excluding steroid dienone is 3. The number of aliphatic hydroxyl groups excluding tert-OH is 1. The number of benzene rings is 3. The molecular weight excluding hydrogens is 518 g/mol. The number of phenols is 1. The van der Waals surface area contributed by atoms with E-state index in [1.807, 2.05) is 6.07 Å². The van der Waals surface area contributed by atoms with E-state index in [4.69, 9.17) is 0 Å². The monoisotopic (exact) mass is 549 g/mol. The van der Waals surface area contributed by atoms with Gasteiger partial charge in [0, 0.05) is 37.0 Å². The second-order valence-electron chi connectivity index (χ2n) is 11.2. The fourth-order valence-electron chi connectivity index (χ4n) is 6.46. The van der Waals surface area contributed by atoms with E-state index < -0.39 is 11.7 Å². The van der Waals surface area contributed by atoms with E-state index in [1.165, 1.54) is 24.3 Å². The van der Waals surface area contributed by atoms with Crippen molar-refractivity contribution in [3.63, 3.8) is 0 Å². The summed E-state index contributed by atoms with van der Waals surface area (Å²) in [6.45, 7) is 1.48. The minimum atomic E-state index is -4.47. The molecule has 40 heavy (non-hydrogen) atoms. The maximum absolute atomic E-state index is 13.8. The minimum Gasteiger partial charge on any atom is -0.512 e. The number of fused-ring (bicyclic) bond motifs is 1. The summed E-state index contributed by atoms with van der Waals surface area (Å²) in [6, 6.07) is 17.2. The first-order valence-corrected chi connectivity index (χ1v) is 13.8. The van der Waals surface area contributed by atoms with Crippen molar-refractivity contribution >= 4 is 11.8 Å². The fourth-order valence-corrected chi connectivity index (χ4v) is 6.46. The largest absolute Gasteiger partial charge is 0.512 e. The lowest BCUT2D eigenvalue weighted by molar-refractivity contribution is -0.137. The summed E-state index contributed by atoms with van der Waals surface area (Å²) in [6.07, 6.45) is 1.19. The molecule has 6 rings (SSSR count). The lowest BCUT2D eigenvalue weighted by Gasteiger charge is -2.42. The summed E-state index contributed by atoms with van der Waals surface area (Å²) in [5.74, 6) is -0.473. The van der Waals surface area contributed by atoms with Gasteiger partial charge in [-0.15, -0.1) is 0 Å². The number of alkyl halides is 3. The highest BCUT2D eigenvalue weighted by molar-refractivity contribution is 5.66. The zero-order chi connectivity index (χ0) is 28.0. The molecule has 3 aromatic rings. The van der Waals surface area contributed by atoms with Crippen molar-refractivity contribution in [2.24, 2.45) is 5.92 Å². The Kier molecular flexibility index (Phi) is 6.85. The van der Waals surface area contributed by atoms with Crippen LogP contribution in [0.15, 0.2) is 83.6 Å². The number of nitrogens with zero attached hydrogens (tertiary/aromatic N) is 1. The van der Waals surface area contributed by atoms with Crippen LogP contribution in [-0.4, -0.2) is 23.3 Å². The molecule has 2 unspecified atom stereocenters. The second-order valence-corrected chi connectivity index (χ2v) is 11.2. The summed E-state index contributed by atoms with van der Waals surface area (Å²) in [4.78, 5) is 2.21. The van der Waals surface area contributed by atoms with Gasteiger partial charge < -0.3 is 15.1 Å². The first-order valence-electron chi connectivity index (χ1n) is 13.8. The molecule has 3 nitrogen and oxygen atoms in total. The molecule has 2 fully saturated rings. The molecule has 208 valence electrons. The number of aromatic hydroxyl groups is 1. The summed E-state index contributed by atoms with van der Waals surface area (Å²) in [5.41, 5.74) is 4.64. The van der Waals surface area contributed by atoms with E-state index in [0.717, 1.165) is 72.8 Å². The summed E-state index contributed by atoms with van der Waals surface area (Å²) >= 11 is 0. The Hall–Kier alpha value is -3.74. The number of rotatable bonds is 5. The van der Waals surface area contributed by atoms with Gasteiger partial charge in [0.1, 0.15) is 11.6 Å². The number of hydrogen-bond acceptors (Lipinski definition) is 3. The third-order valence-corrected chi connectivity index (χ3v) is 8.61. The molecule has 2 aliphatic carbocycles. The van der Waals surface area contributed by atoms with Crippen LogP contribution in [0.25, 0.3) is 6.08 Å². The molecule has 0 amide bonds. The van der Waals surface area contributed by atoms with Crippen LogP contribution in [0.2, 0.25) is 0 Å². The van der Waals surface area contributed by atoms with E-state index in [1.54, 1.807) is 30.3 Å². The molecule has 2 atom stereocenters. The predicted octanol–water partition coefficient (Wildman–Crippen LogP) is 8.73. The topological polar surface area (TPSA) is 43.7 Å². The normalized spacial score (nSPS) is 21.1. The van der Waals surface area contributed by atoms with Gasteiger partial charge >= 0.3 is 6.18 Å². The van der Waals surface area contributed by atoms with Gasteiger partial charge in [0.15, 0.2) is 0 Å². The van der Waals surface area contributed by atoms with Crippen molar-refractivity contribution in [3.05, 3.63) is 112 Å². The van der Waals surface area contributed by atoms with Crippen LogP contribution in [0.3, 0.4) is 0 Å². The van der Waals surface area contributed by atoms with Crippen LogP contribution < -0.4 is 4.90 Å². The molecule has 3 aliphatic rings. The molecule has 1 saturated heterocycles. The van der Waals surface area contributed by atoms with Crippen molar-refractivity contribution < 1.29 is 27.8 Å². The quantitative estimate of drug-likeness (QED) is 0.247. The average Bonchev–Trinajstić information content (AvgIpc) is 3.79. The van der Waals surface area contributed by atoms with Gasteiger partial charge in [-0.25, -0.2) is 4.39 Å². The Morgan fingerprint density at radius 3 is 2.33 bits per heavy atom. The smallest absolute Gasteiger partial charge is 0.416 e. The van der Waals surface area contributed by atoms with Crippen LogP contribution in [0.5, 0.6) is 5.75 Å². The zero-order valence-corrected chi connectivity index (χ0v) is 22.0. The number of hydrogen-bond donors (Lipinski definition) is 2. The maximum atomic E-state index is 13.8. The molecule has 2 N–H and O–H groups in total. The van der Waals surface area contributed by atoms with Gasteiger partial charge in [-0.1, -0.05) is 35.9 Å². The lowest BCUT2D eigenvalue weighted by atomic mass is 9.65. The minimum absolute atomic E-state index is 0.0922. The number of aliphatic hydroxyl groups is 1. The molecule has 1 heterocycles. The Bertz CT molecular complexity index is 1460. The van der Waals surface area contributed by atoms with E-state index in [9.17, 15) is 27.8 Å². The van der Waals surface area contributed by atoms with Gasteiger partial charge in [0.25, 0.3) is 0 Å². The molecule has 7 heteroatoms. The van der Waals surface area contributed by atoms with Gasteiger partial charge in [0.2, 0.25) is 0 Å². The molecule has 1 aliphatic heterocycles. The van der Waals surface area contributed by atoms with E-state index >= 15 is 0 Å². The Balaban J connectivity index is 1.41. The van der Waals surface area contributed by atoms with Crippen LogP contribution in [0, 0.1) is 11.7 Å². The molecule has 0 radical (unpaired) electrons. The fraction of sp³-hybridized carbons (Fsp3) is 0.333. The molecule has 1 saturated carbocycles. The van der Waals surface area contributed by atoms with Crippen LogP contribution in [-0.2, 0) is 6.18 Å². The van der Waals surface area contributed by atoms with Crippen LogP contribution >= 0.6 is 0 Å². The van der Waals surface area contributed by atoms with Gasteiger partial charge in [-0.2, -0.15) is 13.2 Å². The van der Waals surface area contributed by atoms with Crippen LogP contribution in [0.1, 0.15) is 66.2 Å². The summed E-state index contributed by atoms with van der Waals surface area (Å²) in [7, 11) is 0. The zero-order valence-electron chi connectivity index (χ0n) is 22.0. The second kappa shape index (κ2) is 10.3. The number of phenolic OH excluding ortho intramolecular Hbond substituents is 1. The standard InChI is InChI=1S/C33H31F4NO2/c34-25-7-9-26(10-8-25)38-14-12-20(13-15-38)29-17-22-6-11-27(39)18-28(22)30(19-31(40)21-4-5-21)32(29)23-2-1-3-24(16-23)33(35,36)37/h1-3,6-11,16-18,20,30,32,39-40H,4-5,12-15,19H2. The van der Waals surface area contributed by atoms with Crippen molar-refractivity contribution in [1.82, 2.24) is 0 Å². The Morgan fingerprint density at radius 2 is 1.65 bits per heavy atom. The first kappa shape index (κ1) is 26.5. The highest BCUT2D eigenvalue weighted by Crippen LogP contribution is 2.53. The highest BCUT2D eigenvalue weighted by Gasteiger charge is 2.40. The maximum Gasteiger partial charge on any atom is 0.416 e. The molecular formula is C33H31F4NO2. The van der Waals surface area contributed by atoms with Gasteiger partial charge in [0.05, 0.1) is 11.3 Å². The lowest BCUT2D eigenvalue weighted by Crippen LogP contribution is -2.36. The Morgan fingerprint density at radius 1 is 0.925 bits per heavy atom. The SMILES string of the molecule is OC(CC1c2cc(O)ccc2C=C(C2CCN(c3ccc(F)cc3)CC2)C1c1cccc(C(F)(F)F)c1)=C1CC1. The van der Waals surface area contributed by atoms with Gasteiger partial charge in [-0.05, 0) is 96.3 Å². The number of halogens is 4. The van der Waals surface area contributed by atoms with Gasteiger partial charge in [-0.3, -0.25) is 0 Å². The first-order chi connectivity index (χ1) is 19.2. The number of anilines is 1. The third-order valence-electron chi connectivity index (χ3n) is 8.61. The molecule has 0 spiro atoms. The van der Waals surface area contributed by atoms with Crippen molar-refractivity contribution in [2.75, 3.05) is 18.0 Å². The summed E-state index contributed by atoms with van der Waals surface area (Å²) in [5, 5.41) is 21.3. The van der Waals surface area contributed by atoms with E-state index in [2.05, 4.69) is 11.0 Å². The average molecular weight is 550 g/mol. The highest BCUT2D eigenvalue weighted by atomic mass is 19.4. The third kappa shape index (κ3) is 5.34. The van der Waals surface area contributed by atoms with E-state index in [-0.39, 0.29) is 29.3 Å². The predicted molar refractivity (Wildman–Crippen MR) is 148 cm³/mol. The van der Waals surface area contributed by atoms with Crippen LogP contribution in [0.4, 0.5) is 23.2 Å².